The van der Waals surface area contributed by atoms with Crippen molar-refractivity contribution < 1.29 is 4.74 Å². The van der Waals surface area contributed by atoms with E-state index in [9.17, 15) is 0 Å². The standard InChI is InChI=1S/C19H24N2O/c20-19-12-11-18(22-15-17-9-5-2-6-10-17)14-21(19)13-16-7-3-1-4-8-16/h1-10,18-19H,11-15,20H2/t18?,19-/m1/s1. The zero-order valence-electron chi connectivity index (χ0n) is 12.9. The molecule has 116 valence electrons. The van der Waals surface area contributed by atoms with Crippen LogP contribution in [0.4, 0.5) is 0 Å². The fourth-order valence-corrected chi connectivity index (χ4v) is 2.95. The van der Waals surface area contributed by atoms with E-state index >= 15 is 0 Å². The van der Waals surface area contributed by atoms with Crippen LogP contribution in [0, 0.1) is 0 Å². The van der Waals surface area contributed by atoms with E-state index in [-0.39, 0.29) is 12.3 Å². The van der Waals surface area contributed by atoms with E-state index in [0.717, 1.165) is 25.9 Å². The molecule has 0 saturated carbocycles. The second kappa shape index (κ2) is 7.54. The van der Waals surface area contributed by atoms with Gasteiger partial charge in [0.15, 0.2) is 0 Å². The molecule has 1 fully saturated rings. The number of piperidine rings is 1. The number of hydrogen-bond donors (Lipinski definition) is 1. The Kier molecular flexibility index (Phi) is 5.22. The van der Waals surface area contributed by atoms with Gasteiger partial charge in [-0.15, -0.1) is 0 Å². The topological polar surface area (TPSA) is 38.5 Å². The first-order valence-electron chi connectivity index (χ1n) is 8.00. The van der Waals surface area contributed by atoms with Crippen molar-refractivity contribution >= 4 is 0 Å². The first kappa shape index (κ1) is 15.2. The lowest BCUT2D eigenvalue weighted by Crippen LogP contribution is -2.50. The molecule has 3 rings (SSSR count). The molecular weight excluding hydrogens is 272 g/mol. The van der Waals surface area contributed by atoms with E-state index < -0.39 is 0 Å². The van der Waals surface area contributed by atoms with Gasteiger partial charge < -0.3 is 10.5 Å². The Bertz CT molecular complexity index is 558. The molecule has 0 aromatic heterocycles. The summed E-state index contributed by atoms with van der Waals surface area (Å²) in [6.45, 7) is 2.48. The third kappa shape index (κ3) is 4.17. The lowest BCUT2D eigenvalue weighted by atomic mass is 10.0. The summed E-state index contributed by atoms with van der Waals surface area (Å²) in [4.78, 5) is 2.33. The third-order valence-corrected chi connectivity index (χ3v) is 4.25. The van der Waals surface area contributed by atoms with E-state index in [1.54, 1.807) is 0 Å². The van der Waals surface area contributed by atoms with Gasteiger partial charge in [-0.25, -0.2) is 0 Å². The molecule has 3 heteroatoms. The first-order valence-corrected chi connectivity index (χ1v) is 8.00. The van der Waals surface area contributed by atoms with Crippen molar-refractivity contribution in [3.05, 3.63) is 71.8 Å². The van der Waals surface area contributed by atoms with Crippen LogP contribution < -0.4 is 5.73 Å². The van der Waals surface area contributed by atoms with Crippen molar-refractivity contribution in [2.45, 2.75) is 38.3 Å². The minimum absolute atomic E-state index is 0.136. The molecule has 1 aliphatic rings. The van der Waals surface area contributed by atoms with Gasteiger partial charge >= 0.3 is 0 Å². The predicted molar refractivity (Wildman–Crippen MR) is 89.1 cm³/mol. The lowest BCUT2D eigenvalue weighted by Gasteiger charge is -2.37. The van der Waals surface area contributed by atoms with Gasteiger partial charge in [-0.1, -0.05) is 60.7 Å². The first-order chi connectivity index (χ1) is 10.8. The number of nitrogens with two attached hydrogens (primary N) is 1. The van der Waals surface area contributed by atoms with Crippen LogP contribution in [-0.4, -0.2) is 23.7 Å². The Morgan fingerprint density at radius 3 is 2.23 bits per heavy atom. The second-order valence-corrected chi connectivity index (χ2v) is 5.98. The molecule has 2 atom stereocenters. The Morgan fingerprint density at radius 1 is 0.909 bits per heavy atom. The molecule has 2 aromatic rings. The van der Waals surface area contributed by atoms with E-state index in [1.165, 1.54) is 11.1 Å². The van der Waals surface area contributed by atoms with Gasteiger partial charge in [-0.05, 0) is 24.0 Å². The maximum absolute atomic E-state index is 6.27. The molecule has 0 aliphatic carbocycles. The summed E-state index contributed by atoms with van der Waals surface area (Å²) in [5, 5.41) is 0. The molecular formula is C19H24N2O. The fourth-order valence-electron chi connectivity index (χ4n) is 2.95. The summed E-state index contributed by atoms with van der Waals surface area (Å²) in [7, 11) is 0. The third-order valence-electron chi connectivity index (χ3n) is 4.25. The van der Waals surface area contributed by atoms with Gasteiger partial charge in [0, 0.05) is 13.1 Å². The van der Waals surface area contributed by atoms with Crippen molar-refractivity contribution in [3.63, 3.8) is 0 Å². The number of benzene rings is 2. The number of hydrogen-bond acceptors (Lipinski definition) is 3. The zero-order chi connectivity index (χ0) is 15.2. The molecule has 1 unspecified atom stereocenters. The molecule has 3 nitrogen and oxygen atoms in total. The molecule has 2 N–H and O–H groups in total. The minimum Gasteiger partial charge on any atom is -0.372 e. The van der Waals surface area contributed by atoms with Crippen LogP contribution in [0.15, 0.2) is 60.7 Å². The Hall–Kier alpha value is -1.68. The van der Waals surface area contributed by atoms with Gasteiger partial charge in [-0.3, -0.25) is 4.90 Å². The average molecular weight is 296 g/mol. The van der Waals surface area contributed by atoms with E-state index in [1.807, 2.05) is 12.1 Å². The second-order valence-electron chi connectivity index (χ2n) is 5.98. The van der Waals surface area contributed by atoms with Crippen molar-refractivity contribution in [2.75, 3.05) is 6.54 Å². The monoisotopic (exact) mass is 296 g/mol. The fraction of sp³-hybridized carbons (Fsp3) is 0.368. The van der Waals surface area contributed by atoms with Crippen LogP contribution in [0.1, 0.15) is 24.0 Å². The zero-order valence-corrected chi connectivity index (χ0v) is 12.9. The average Bonchev–Trinajstić information content (AvgIpc) is 2.57. The van der Waals surface area contributed by atoms with Gasteiger partial charge in [0.2, 0.25) is 0 Å². The molecule has 0 amide bonds. The summed E-state index contributed by atoms with van der Waals surface area (Å²) >= 11 is 0. The van der Waals surface area contributed by atoms with Crippen molar-refractivity contribution in [3.8, 4) is 0 Å². The van der Waals surface area contributed by atoms with Crippen molar-refractivity contribution in [1.29, 1.82) is 0 Å². The quantitative estimate of drug-likeness (QED) is 0.921. The number of likely N-dealkylation sites (tertiary alicyclic amines) is 1. The van der Waals surface area contributed by atoms with Crippen LogP contribution in [-0.2, 0) is 17.9 Å². The van der Waals surface area contributed by atoms with E-state index in [2.05, 4.69) is 53.4 Å². The highest BCUT2D eigenvalue weighted by atomic mass is 16.5. The van der Waals surface area contributed by atoms with Gasteiger partial charge in [0.25, 0.3) is 0 Å². The number of rotatable bonds is 5. The lowest BCUT2D eigenvalue weighted by molar-refractivity contribution is -0.0302. The minimum atomic E-state index is 0.136. The van der Waals surface area contributed by atoms with Crippen LogP contribution >= 0.6 is 0 Å². The molecule has 0 bridgehead atoms. The van der Waals surface area contributed by atoms with E-state index in [4.69, 9.17) is 10.5 Å². The Morgan fingerprint density at radius 2 is 1.55 bits per heavy atom. The largest absolute Gasteiger partial charge is 0.372 e. The highest BCUT2D eigenvalue weighted by Gasteiger charge is 2.26. The van der Waals surface area contributed by atoms with Gasteiger partial charge in [0.05, 0.1) is 18.9 Å². The van der Waals surface area contributed by atoms with E-state index in [0.29, 0.717) is 6.61 Å². The van der Waals surface area contributed by atoms with Crippen LogP contribution in [0.3, 0.4) is 0 Å². The normalized spacial score (nSPS) is 22.6. The molecule has 0 radical (unpaired) electrons. The van der Waals surface area contributed by atoms with Crippen LogP contribution in [0.25, 0.3) is 0 Å². The Labute approximate surface area is 132 Å². The maximum atomic E-state index is 6.27. The van der Waals surface area contributed by atoms with Crippen LogP contribution in [0.5, 0.6) is 0 Å². The van der Waals surface area contributed by atoms with Crippen molar-refractivity contribution in [1.82, 2.24) is 4.90 Å². The highest BCUT2D eigenvalue weighted by molar-refractivity contribution is 5.15. The summed E-state index contributed by atoms with van der Waals surface area (Å²) in [6.07, 6.45) is 2.44. The Balaban J connectivity index is 1.54. The van der Waals surface area contributed by atoms with Gasteiger partial charge in [0.1, 0.15) is 0 Å². The molecule has 1 saturated heterocycles. The van der Waals surface area contributed by atoms with Gasteiger partial charge in [-0.2, -0.15) is 0 Å². The number of nitrogens with zero attached hydrogens (tertiary/aromatic N) is 1. The molecule has 0 spiro atoms. The van der Waals surface area contributed by atoms with Crippen molar-refractivity contribution in [2.24, 2.45) is 5.73 Å². The summed E-state index contributed by atoms with van der Waals surface area (Å²) in [5.41, 5.74) is 8.80. The highest BCUT2D eigenvalue weighted by Crippen LogP contribution is 2.20. The summed E-state index contributed by atoms with van der Waals surface area (Å²) in [6, 6.07) is 20.9. The number of ether oxygens (including phenoxy) is 1. The SMILES string of the molecule is N[C@H]1CCC(OCc2ccccc2)CN1Cc1ccccc1. The smallest absolute Gasteiger partial charge is 0.0721 e. The molecule has 22 heavy (non-hydrogen) atoms. The predicted octanol–water partition coefficient (Wildman–Crippen LogP) is 3.15. The summed E-state index contributed by atoms with van der Waals surface area (Å²) in [5.74, 6) is 0. The molecule has 1 heterocycles. The molecule has 1 aliphatic heterocycles. The molecule has 2 aromatic carbocycles. The maximum Gasteiger partial charge on any atom is 0.0721 e. The van der Waals surface area contributed by atoms with Crippen LogP contribution in [0.2, 0.25) is 0 Å². The summed E-state index contributed by atoms with van der Waals surface area (Å²) < 4.78 is 6.09.